The van der Waals surface area contributed by atoms with Gasteiger partial charge in [0.1, 0.15) is 0 Å². The molecule has 1 heterocycles. The lowest BCUT2D eigenvalue weighted by Crippen LogP contribution is -2.49. The maximum Gasteiger partial charge on any atom is 0.175 e. The third-order valence-electron chi connectivity index (χ3n) is 6.44. The van der Waals surface area contributed by atoms with Gasteiger partial charge in [-0.3, -0.25) is 0 Å². The molecular formula is C16H28O2. The Morgan fingerprint density at radius 3 is 2.28 bits per heavy atom. The second-order valence-corrected chi connectivity index (χ2v) is 8.67. The van der Waals surface area contributed by atoms with Crippen LogP contribution in [0.25, 0.3) is 0 Å². The van der Waals surface area contributed by atoms with Gasteiger partial charge >= 0.3 is 0 Å². The standard InChI is InChI=1S/C16H28O2/c1-13(2,3)12-9-10-7-8-11-14(4,5)18-16(12,17)15(10,11)6/h10-12,17H,7-9H2,1-6H3/t10-,11+,12-,15+,16+/m1/s1. The van der Waals surface area contributed by atoms with Gasteiger partial charge in [-0.25, -0.2) is 0 Å². The van der Waals surface area contributed by atoms with E-state index in [1.807, 2.05) is 0 Å². The average Bonchev–Trinajstić information content (AvgIpc) is 2.65. The maximum absolute atomic E-state index is 11.4. The Labute approximate surface area is 111 Å². The molecule has 2 nitrogen and oxygen atoms in total. The highest BCUT2D eigenvalue weighted by Crippen LogP contribution is 2.73. The first kappa shape index (κ1) is 12.9. The van der Waals surface area contributed by atoms with Crippen LogP contribution in [0.15, 0.2) is 0 Å². The number of aliphatic hydroxyl groups is 1. The van der Waals surface area contributed by atoms with Crippen LogP contribution in [0.2, 0.25) is 0 Å². The molecule has 1 saturated heterocycles. The van der Waals surface area contributed by atoms with E-state index in [-0.39, 0.29) is 22.3 Å². The van der Waals surface area contributed by atoms with Gasteiger partial charge in [-0.1, -0.05) is 27.7 Å². The van der Waals surface area contributed by atoms with Gasteiger partial charge in [0.15, 0.2) is 5.79 Å². The van der Waals surface area contributed by atoms with E-state index in [1.54, 1.807) is 0 Å². The molecule has 3 aliphatic rings. The van der Waals surface area contributed by atoms with Crippen molar-refractivity contribution >= 4 is 0 Å². The first-order valence-corrected chi connectivity index (χ1v) is 7.46. The Balaban J connectivity index is 2.11. The molecule has 0 aromatic heterocycles. The summed E-state index contributed by atoms with van der Waals surface area (Å²) in [5.74, 6) is 0.482. The van der Waals surface area contributed by atoms with Gasteiger partial charge in [0.25, 0.3) is 0 Å². The molecule has 0 aromatic carbocycles. The van der Waals surface area contributed by atoms with Crippen LogP contribution in [-0.2, 0) is 4.74 Å². The van der Waals surface area contributed by atoms with Gasteiger partial charge in [-0.2, -0.15) is 0 Å². The zero-order valence-electron chi connectivity index (χ0n) is 12.7. The zero-order chi connectivity index (χ0) is 13.6. The highest BCUT2D eigenvalue weighted by atomic mass is 16.7. The van der Waals surface area contributed by atoms with Crippen molar-refractivity contribution in [3.05, 3.63) is 0 Å². The molecular weight excluding hydrogens is 224 g/mol. The Kier molecular flexibility index (Phi) is 2.26. The van der Waals surface area contributed by atoms with Crippen LogP contribution in [0, 0.1) is 28.6 Å². The molecule has 3 fully saturated rings. The van der Waals surface area contributed by atoms with Gasteiger partial charge in [-0.05, 0) is 50.4 Å². The van der Waals surface area contributed by atoms with Crippen LogP contribution in [0.1, 0.15) is 60.8 Å². The molecule has 2 saturated carbocycles. The summed E-state index contributed by atoms with van der Waals surface area (Å²) in [6.07, 6.45) is 3.61. The van der Waals surface area contributed by atoms with Crippen molar-refractivity contribution in [2.75, 3.05) is 0 Å². The molecule has 2 heteroatoms. The Hall–Kier alpha value is -0.0800. The third kappa shape index (κ3) is 1.22. The quantitative estimate of drug-likeness (QED) is 0.714. The predicted molar refractivity (Wildman–Crippen MR) is 72.0 cm³/mol. The van der Waals surface area contributed by atoms with Crippen molar-refractivity contribution in [3.63, 3.8) is 0 Å². The average molecular weight is 252 g/mol. The first-order chi connectivity index (χ1) is 8.03. The predicted octanol–water partition coefficient (Wildman–Crippen LogP) is 3.58. The summed E-state index contributed by atoms with van der Waals surface area (Å²) < 4.78 is 6.29. The number of hydrogen-bond donors (Lipinski definition) is 1. The minimum atomic E-state index is -0.916. The van der Waals surface area contributed by atoms with Crippen molar-refractivity contribution in [2.24, 2.45) is 28.6 Å². The fourth-order valence-electron chi connectivity index (χ4n) is 5.64. The summed E-state index contributed by atoms with van der Waals surface area (Å²) in [7, 11) is 0. The highest BCUT2D eigenvalue weighted by molar-refractivity contribution is 5.20. The van der Waals surface area contributed by atoms with Crippen LogP contribution in [0.4, 0.5) is 0 Å². The molecule has 104 valence electrons. The lowest BCUT2D eigenvalue weighted by atomic mass is 9.67. The van der Waals surface area contributed by atoms with E-state index in [0.717, 1.165) is 6.42 Å². The largest absolute Gasteiger partial charge is 0.365 e. The van der Waals surface area contributed by atoms with E-state index < -0.39 is 5.79 Å². The van der Waals surface area contributed by atoms with Crippen LogP contribution >= 0.6 is 0 Å². The van der Waals surface area contributed by atoms with Gasteiger partial charge < -0.3 is 9.84 Å². The SMILES string of the molecule is CC(C)(C)[C@H]1C[C@H]2CC[C@H]3C(C)(C)O[C@]1(O)[C@@]23C. The molecule has 0 bridgehead atoms. The van der Waals surface area contributed by atoms with Gasteiger partial charge in [0, 0.05) is 11.3 Å². The molecule has 0 radical (unpaired) electrons. The number of hydrogen-bond acceptors (Lipinski definition) is 2. The second kappa shape index (κ2) is 3.15. The van der Waals surface area contributed by atoms with E-state index in [0.29, 0.717) is 11.8 Å². The molecule has 1 aliphatic heterocycles. The van der Waals surface area contributed by atoms with Crippen LogP contribution in [-0.4, -0.2) is 16.5 Å². The minimum Gasteiger partial charge on any atom is -0.365 e. The van der Waals surface area contributed by atoms with E-state index in [4.69, 9.17) is 4.74 Å². The van der Waals surface area contributed by atoms with E-state index in [2.05, 4.69) is 41.5 Å². The number of ether oxygens (including phenoxy) is 1. The van der Waals surface area contributed by atoms with Crippen molar-refractivity contribution in [1.82, 2.24) is 0 Å². The molecule has 18 heavy (non-hydrogen) atoms. The number of rotatable bonds is 0. The van der Waals surface area contributed by atoms with Crippen molar-refractivity contribution in [1.29, 1.82) is 0 Å². The molecule has 5 atom stereocenters. The molecule has 0 aromatic rings. The van der Waals surface area contributed by atoms with Crippen LogP contribution in [0.5, 0.6) is 0 Å². The fourth-order valence-corrected chi connectivity index (χ4v) is 5.64. The smallest absolute Gasteiger partial charge is 0.175 e. The van der Waals surface area contributed by atoms with Gasteiger partial charge in [-0.15, -0.1) is 0 Å². The van der Waals surface area contributed by atoms with Crippen molar-refractivity contribution in [3.8, 4) is 0 Å². The van der Waals surface area contributed by atoms with Crippen molar-refractivity contribution < 1.29 is 9.84 Å². The summed E-state index contributed by atoms with van der Waals surface area (Å²) in [5, 5.41) is 11.4. The molecule has 3 rings (SSSR count). The third-order valence-corrected chi connectivity index (χ3v) is 6.44. The monoisotopic (exact) mass is 252 g/mol. The Bertz CT molecular complexity index is 381. The lowest BCUT2D eigenvalue weighted by molar-refractivity contribution is -0.279. The van der Waals surface area contributed by atoms with Crippen molar-refractivity contribution in [2.45, 2.75) is 72.2 Å². The maximum atomic E-state index is 11.4. The van der Waals surface area contributed by atoms with Gasteiger partial charge in [0.05, 0.1) is 5.60 Å². The van der Waals surface area contributed by atoms with E-state index in [1.165, 1.54) is 12.8 Å². The lowest BCUT2D eigenvalue weighted by Gasteiger charge is -2.42. The molecule has 0 unspecified atom stereocenters. The second-order valence-electron chi connectivity index (χ2n) is 8.67. The Morgan fingerprint density at radius 1 is 1.11 bits per heavy atom. The summed E-state index contributed by atoms with van der Waals surface area (Å²) in [5.41, 5.74) is -0.107. The molecule has 0 amide bonds. The summed E-state index contributed by atoms with van der Waals surface area (Å²) in [6, 6.07) is 0. The summed E-state index contributed by atoms with van der Waals surface area (Å²) in [4.78, 5) is 0. The minimum absolute atomic E-state index is 0.0333. The van der Waals surface area contributed by atoms with Crippen LogP contribution in [0.3, 0.4) is 0 Å². The summed E-state index contributed by atoms with van der Waals surface area (Å²) >= 11 is 0. The van der Waals surface area contributed by atoms with Crippen LogP contribution < -0.4 is 0 Å². The molecule has 2 aliphatic carbocycles. The summed E-state index contributed by atoms with van der Waals surface area (Å²) in [6.45, 7) is 13.3. The van der Waals surface area contributed by atoms with Gasteiger partial charge in [0.2, 0.25) is 0 Å². The zero-order valence-corrected chi connectivity index (χ0v) is 12.7. The van der Waals surface area contributed by atoms with E-state index >= 15 is 0 Å². The molecule has 1 N–H and O–H groups in total. The topological polar surface area (TPSA) is 29.5 Å². The highest BCUT2D eigenvalue weighted by Gasteiger charge is 2.77. The first-order valence-electron chi connectivity index (χ1n) is 7.46. The molecule has 0 spiro atoms. The fraction of sp³-hybridized carbons (Fsp3) is 1.00. The normalized spacial score (nSPS) is 53.8. The Morgan fingerprint density at radius 2 is 1.72 bits per heavy atom. The van der Waals surface area contributed by atoms with E-state index in [9.17, 15) is 5.11 Å².